The summed E-state index contributed by atoms with van der Waals surface area (Å²) in [6, 6.07) is 7.57. The predicted molar refractivity (Wildman–Crippen MR) is 67.0 cm³/mol. The molecule has 0 amide bonds. The third-order valence-corrected chi connectivity index (χ3v) is 2.86. The summed E-state index contributed by atoms with van der Waals surface area (Å²) in [4.78, 5) is 1.96. The fraction of sp³-hybridized carbons (Fsp3) is 0.538. The summed E-state index contributed by atoms with van der Waals surface area (Å²) in [5.74, 6) is 1.52. The average molecular weight is 253 g/mol. The maximum Gasteiger partial charge on any atom is 0.161 e. The van der Waals surface area contributed by atoms with Gasteiger partial charge in [0.05, 0.1) is 13.2 Å². The molecule has 5 heteroatoms. The molecule has 1 aromatic carbocycles. The summed E-state index contributed by atoms with van der Waals surface area (Å²) in [6.07, 6.45) is -0.0713. The fourth-order valence-corrected chi connectivity index (χ4v) is 2.02. The number of aliphatic hydroxyl groups is 2. The molecule has 100 valence electrons. The van der Waals surface area contributed by atoms with Crippen molar-refractivity contribution in [1.29, 1.82) is 0 Å². The third kappa shape index (κ3) is 3.35. The maximum absolute atomic E-state index is 8.96. The minimum Gasteiger partial charge on any atom is -0.486 e. The van der Waals surface area contributed by atoms with Gasteiger partial charge in [0.2, 0.25) is 0 Å². The van der Waals surface area contributed by atoms with Gasteiger partial charge in [-0.3, -0.25) is 4.90 Å². The normalized spacial score (nSPS) is 18.1. The Hall–Kier alpha value is -1.30. The lowest BCUT2D eigenvalue weighted by Gasteiger charge is -2.30. The summed E-state index contributed by atoms with van der Waals surface area (Å²) in [7, 11) is 0. The van der Waals surface area contributed by atoms with Gasteiger partial charge in [-0.25, -0.2) is 0 Å². The quantitative estimate of drug-likeness (QED) is 0.753. The van der Waals surface area contributed by atoms with Crippen LogP contribution in [0.4, 0.5) is 0 Å². The number of hydrogen-bond donors (Lipinski definition) is 2. The Bertz CT molecular complexity index is 366. The zero-order valence-electron chi connectivity index (χ0n) is 10.3. The van der Waals surface area contributed by atoms with Gasteiger partial charge in [-0.15, -0.1) is 0 Å². The van der Waals surface area contributed by atoms with Gasteiger partial charge in [0.25, 0.3) is 0 Å². The molecule has 0 fully saturated rings. The maximum atomic E-state index is 8.96. The van der Waals surface area contributed by atoms with Crippen molar-refractivity contribution in [3.63, 3.8) is 0 Å². The van der Waals surface area contributed by atoms with Crippen LogP contribution in [0.25, 0.3) is 0 Å². The molecule has 0 saturated carbocycles. The van der Waals surface area contributed by atoms with Crippen LogP contribution in [-0.4, -0.2) is 60.7 Å². The number of aliphatic hydroxyl groups excluding tert-OH is 2. The Morgan fingerprint density at radius 1 is 1.11 bits per heavy atom. The molecule has 1 aliphatic heterocycles. The highest BCUT2D eigenvalue weighted by atomic mass is 16.6. The highest BCUT2D eigenvalue weighted by Crippen LogP contribution is 2.30. The number of fused-ring (bicyclic) bond motifs is 1. The fourth-order valence-electron chi connectivity index (χ4n) is 2.02. The largest absolute Gasteiger partial charge is 0.486 e. The molecular formula is C13H19NO4. The lowest BCUT2D eigenvalue weighted by molar-refractivity contribution is 0.0481. The number of rotatable bonds is 6. The molecule has 1 heterocycles. The minimum atomic E-state index is -0.0713. The number of ether oxygens (including phenoxy) is 2. The molecule has 2 rings (SSSR count). The van der Waals surface area contributed by atoms with Crippen LogP contribution in [-0.2, 0) is 0 Å². The zero-order chi connectivity index (χ0) is 12.8. The molecule has 0 saturated heterocycles. The molecule has 0 bridgehead atoms. The van der Waals surface area contributed by atoms with Crippen LogP contribution in [0, 0.1) is 0 Å². The van der Waals surface area contributed by atoms with E-state index in [0.29, 0.717) is 26.2 Å². The van der Waals surface area contributed by atoms with Crippen LogP contribution >= 0.6 is 0 Å². The monoisotopic (exact) mass is 253 g/mol. The summed E-state index contributed by atoms with van der Waals surface area (Å²) >= 11 is 0. The Morgan fingerprint density at radius 2 is 1.78 bits per heavy atom. The van der Waals surface area contributed by atoms with Crippen molar-refractivity contribution in [2.24, 2.45) is 0 Å². The van der Waals surface area contributed by atoms with Crippen molar-refractivity contribution >= 4 is 0 Å². The van der Waals surface area contributed by atoms with E-state index < -0.39 is 0 Å². The lowest BCUT2D eigenvalue weighted by Crippen LogP contribution is -2.43. The molecule has 0 spiro atoms. The zero-order valence-corrected chi connectivity index (χ0v) is 10.3. The van der Waals surface area contributed by atoms with Crippen molar-refractivity contribution in [3.05, 3.63) is 24.3 Å². The summed E-state index contributed by atoms with van der Waals surface area (Å²) in [6.45, 7) is 2.33. The van der Waals surface area contributed by atoms with Gasteiger partial charge < -0.3 is 19.7 Å². The van der Waals surface area contributed by atoms with Gasteiger partial charge in [-0.05, 0) is 12.1 Å². The second kappa shape index (κ2) is 6.58. The van der Waals surface area contributed by atoms with E-state index in [-0.39, 0.29) is 19.3 Å². The van der Waals surface area contributed by atoms with Crippen molar-refractivity contribution in [3.8, 4) is 11.5 Å². The number of nitrogens with zero attached hydrogens (tertiary/aromatic N) is 1. The Balaban J connectivity index is 1.91. The first kappa shape index (κ1) is 13.1. The first-order chi connectivity index (χ1) is 8.83. The lowest BCUT2D eigenvalue weighted by atomic mass is 10.2. The van der Waals surface area contributed by atoms with Crippen LogP contribution < -0.4 is 9.47 Å². The third-order valence-electron chi connectivity index (χ3n) is 2.86. The molecule has 0 aromatic heterocycles. The number of para-hydroxylation sites is 2. The molecule has 18 heavy (non-hydrogen) atoms. The van der Waals surface area contributed by atoms with E-state index in [1.54, 1.807) is 0 Å². The van der Waals surface area contributed by atoms with E-state index in [1.165, 1.54) is 0 Å². The van der Waals surface area contributed by atoms with E-state index >= 15 is 0 Å². The molecule has 1 aromatic rings. The van der Waals surface area contributed by atoms with Crippen LogP contribution in [0.2, 0.25) is 0 Å². The van der Waals surface area contributed by atoms with Gasteiger partial charge in [0.15, 0.2) is 11.5 Å². The second-order valence-corrected chi connectivity index (χ2v) is 4.25. The molecule has 0 radical (unpaired) electrons. The van der Waals surface area contributed by atoms with Crippen LogP contribution in [0.5, 0.6) is 11.5 Å². The average Bonchev–Trinajstić information content (AvgIpc) is 2.39. The van der Waals surface area contributed by atoms with Crippen LogP contribution in [0.15, 0.2) is 24.3 Å². The minimum absolute atomic E-state index is 0.0713. The van der Waals surface area contributed by atoms with E-state index in [0.717, 1.165) is 11.5 Å². The van der Waals surface area contributed by atoms with Gasteiger partial charge >= 0.3 is 0 Å². The van der Waals surface area contributed by atoms with E-state index in [4.69, 9.17) is 19.7 Å². The first-order valence-corrected chi connectivity index (χ1v) is 6.16. The molecule has 1 aliphatic rings. The summed E-state index contributed by atoms with van der Waals surface area (Å²) < 4.78 is 11.4. The van der Waals surface area contributed by atoms with E-state index in [9.17, 15) is 0 Å². The van der Waals surface area contributed by atoms with Crippen LogP contribution in [0.1, 0.15) is 0 Å². The molecule has 0 aliphatic carbocycles. The Kier molecular flexibility index (Phi) is 4.81. The van der Waals surface area contributed by atoms with Crippen molar-refractivity contribution in [2.75, 3.05) is 39.5 Å². The van der Waals surface area contributed by atoms with E-state index in [1.807, 2.05) is 29.2 Å². The second-order valence-electron chi connectivity index (χ2n) is 4.25. The highest BCUT2D eigenvalue weighted by Gasteiger charge is 2.22. The van der Waals surface area contributed by atoms with Gasteiger partial charge in [0, 0.05) is 19.6 Å². The van der Waals surface area contributed by atoms with E-state index in [2.05, 4.69) is 0 Å². The summed E-state index contributed by atoms with van der Waals surface area (Å²) in [5, 5.41) is 17.9. The van der Waals surface area contributed by atoms with Crippen molar-refractivity contribution in [1.82, 2.24) is 4.90 Å². The number of benzene rings is 1. The standard InChI is InChI=1S/C13H19NO4/c15-7-5-14(6-8-16)9-11-10-17-12-3-1-2-4-13(12)18-11/h1-4,11,15-16H,5-10H2. The molecule has 2 N–H and O–H groups in total. The first-order valence-electron chi connectivity index (χ1n) is 6.16. The smallest absolute Gasteiger partial charge is 0.161 e. The Morgan fingerprint density at radius 3 is 2.44 bits per heavy atom. The molecular weight excluding hydrogens is 234 g/mol. The predicted octanol–water partition coefficient (Wildman–Crippen LogP) is 0.113. The van der Waals surface area contributed by atoms with Crippen molar-refractivity contribution < 1.29 is 19.7 Å². The molecule has 5 nitrogen and oxygen atoms in total. The SMILES string of the molecule is OCCN(CCO)CC1COc2ccccc2O1. The topological polar surface area (TPSA) is 62.2 Å². The highest BCUT2D eigenvalue weighted by molar-refractivity contribution is 5.40. The molecule has 1 atom stereocenters. The van der Waals surface area contributed by atoms with Crippen molar-refractivity contribution in [2.45, 2.75) is 6.10 Å². The van der Waals surface area contributed by atoms with Crippen LogP contribution in [0.3, 0.4) is 0 Å². The van der Waals surface area contributed by atoms with Gasteiger partial charge in [-0.2, -0.15) is 0 Å². The molecule has 1 unspecified atom stereocenters. The Labute approximate surface area is 107 Å². The van der Waals surface area contributed by atoms with Gasteiger partial charge in [-0.1, -0.05) is 12.1 Å². The number of hydrogen-bond acceptors (Lipinski definition) is 5. The van der Waals surface area contributed by atoms with Gasteiger partial charge in [0.1, 0.15) is 12.7 Å². The summed E-state index contributed by atoms with van der Waals surface area (Å²) in [5.41, 5.74) is 0.